The Balaban J connectivity index is 2.66. The van der Waals surface area contributed by atoms with E-state index >= 15 is 0 Å². The van der Waals surface area contributed by atoms with E-state index in [0.29, 0.717) is 0 Å². The zero-order chi connectivity index (χ0) is 11.5. The topological polar surface area (TPSA) is 17.1 Å². The molecule has 0 heterocycles. The first-order valence-electron chi connectivity index (χ1n) is 5.34. The minimum atomic E-state index is 0.746. The second-order valence-electron chi connectivity index (χ2n) is 4.02. The van der Waals surface area contributed by atoms with Gasteiger partial charge < -0.3 is 0 Å². The highest BCUT2D eigenvalue weighted by Gasteiger charge is 2.06. The van der Waals surface area contributed by atoms with Crippen LogP contribution in [-0.2, 0) is 0 Å². The van der Waals surface area contributed by atoms with Gasteiger partial charge in [-0.05, 0) is 30.5 Å². The highest BCUT2D eigenvalue weighted by molar-refractivity contribution is 5.88. The van der Waals surface area contributed by atoms with Crippen LogP contribution in [0.2, 0.25) is 0 Å². The molecule has 2 aromatic carbocycles. The molecule has 0 fully saturated rings. The lowest BCUT2D eigenvalue weighted by atomic mass is 9.95. The molecule has 0 unspecified atom stereocenters. The molecule has 0 spiro atoms. The first kappa shape index (κ1) is 10.6. The summed E-state index contributed by atoms with van der Waals surface area (Å²) in [6.07, 6.45) is 0.914. The maximum Gasteiger partial charge on any atom is 0.150 e. The van der Waals surface area contributed by atoms with Crippen LogP contribution in [0.15, 0.2) is 42.5 Å². The fourth-order valence-electron chi connectivity index (χ4n) is 1.87. The maximum absolute atomic E-state index is 11.0. The number of aryl methyl sites for hydroxylation is 2. The third kappa shape index (κ3) is 1.89. The van der Waals surface area contributed by atoms with E-state index in [1.807, 2.05) is 24.3 Å². The molecule has 1 heteroatoms. The SMILES string of the molecule is Cc1ccc(C)c(-c2ccccc2C=O)c1. The summed E-state index contributed by atoms with van der Waals surface area (Å²) >= 11 is 0. The van der Waals surface area contributed by atoms with E-state index in [2.05, 4.69) is 32.0 Å². The molecule has 0 saturated heterocycles. The lowest BCUT2D eigenvalue weighted by Crippen LogP contribution is -1.90. The molecule has 0 aliphatic carbocycles. The number of rotatable bonds is 2. The fourth-order valence-corrected chi connectivity index (χ4v) is 1.87. The highest BCUT2D eigenvalue weighted by Crippen LogP contribution is 2.26. The second kappa shape index (κ2) is 4.31. The quantitative estimate of drug-likeness (QED) is 0.689. The first-order valence-corrected chi connectivity index (χ1v) is 5.34. The van der Waals surface area contributed by atoms with Gasteiger partial charge in [-0.25, -0.2) is 0 Å². The molecule has 0 aliphatic rings. The van der Waals surface area contributed by atoms with Crippen LogP contribution >= 0.6 is 0 Å². The molecule has 16 heavy (non-hydrogen) atoms. The Bertz CT molecular complexity index is 527. The molecule has 0 amide bonds. The monoisotopic (exact) mass is 210 g/mol. The van der Waals surface area contributed by atoms with E-state index in [0.717, 1.165) is 23.0 Å². The molecule has 80 valence electrons. The summed E-state index contributed by atoms with van der Waals surface area (Å²) in [6, 6.07) is 14.0. The average molecular weight is 210 g/mol. The molecule has 0 saturated carbocycles. The number of hydrogen-bond donors (Lipinski definition) is 0. The van der Waals surface area contributed by atoms with E-state index < -0.39 is 0 Å². The Labute approximate surface area is 95.7 Å². The lowest BCUT2D eigenvalue weighted by molar-refractivity contribution is 0.112. The molecular formula is C15H14O. The van der Waals surface area contributed by atoms with Crippen LogP contribution in [0.5, 0.6) is 0 Å². The van der Waals surface area contributed by atoms with E-state index in [1.165, 1.54) is 11.1 Å². The number of carbonyl (C=O) groups excluding carboxylic acids is 1. The van der Waals surface area contributed by atoms with Crippen molar-refractivity contribution in [2.24, 2.45) is 0 Å². The molecule has 1 nitrogen and oxygen atoms in total. The summed E-state index contributed by atoms with van der Waals surface area (Å²) in [5.41, 5.74) is 5.30. The maximum atomic E-state index is 11.0. The molecule has 0 radical (unpaired) electrons. The summed E-state index contributed by atoms with van der Waals surface area (Å²) < 4.78 is 0. The van der Waals surface area contributed by atoms with Gasteiger partial charge >= 0.3 is 0 Å². The van der Waals surface area contributed by atoms with Crippen molar-refractivity contribution in [1.82, 2.24) is 0 Å². The number of benzene rings is 2. The van der Waals surface area contributed by atoms with Gasteiger partial charge in [-0.1, -0.05) is 48.0 Å². The Hall–Kier alpha value is -1.89. The lowest BCUT2D eigenvalue weighted by Gasteiger charge is -2.09. The van der Waals surface area contributed by atoms with Crippen LogP contribution in [0.1, 0.15) is 21.5 Å². The van der Waals surface area contributed by atoms with Crippen molar-refractivity contribution in [3.8, 4) is 11.1 Å². The summed E-state index contributed by atoms with van der Waals surface area (Å²) in [5.74, 6) is 0. The molecule has 0 atom stereocenters. The normalized spacial score (nSPS) is 10.1. The zero-order valence-corrected chi connectivity index (χ0v) is 9.53. The summed E-state index contributed by atoms with van der Waals surface area (Å²) in [7, 11) is 0. The molecule has 0 N–H and O–H groups in total. The molecular weight excluding hydrogens is 196 g/mol. The van der Waals surface area contributed by atoms with Crippen molar-refractivity contribution in [2.75, 3.05) is 0 Å². The van der Waals surface area contributed by atoms with Crippen molar-refractivity contribution < 1.29 is 4.79 Å². The van der Waals surface area contributed by atoms with Crippen LogP contribution in [0, 0.1) is 13.8 Å². The Kier molecular flexibility index (Phi) is 2.86. The van der Waals surface area contributed by atoms with Crippen molar-refractivity contribution in [3.05, 3.63) is 59.2 Å². The minimum Gasteiger partial charge on any atom is -0.298 e. The third-order valence-corrected chi connectivity index (χ3v) is 2.77. The van der Waals surface area contributed by atoms with Crippen LogP contribution in [0.25, 0.3) is 11.1 Å². The van der Waals surface area contributed by atoms with Gasteiger partial charge in [0.1, 0.15) is 0 Å². The molecule has 2 rings (SSSR count). The summed E-state index contributed by atoms with van der Waals surface area (Å²) in [4.78, 5) is 11.0. The van der Waals surface area contributed by atoms with Gasteiger partial charge in [-0.3, -0.25) is 4.79 Å². The number of hydrogen-bond acceptors (Lipinski definition) is 1. The summed E-state index contributed by atoms with van der Waals surface area (Å²) in [5, 5.41) is 0. The predicted octanol–water partition coefficient (Wildman–Crippen LogP) is 3.78. The van der Waals surface area contributed by atoms with Crippen molar-refractivity contribution in [2.45, 2.75) is 13.8 Å². The molecule has 2 aromatic rings. The van der Waals surface area contributed by atoms with Crippen LogP contribution in [-0.4, -0.2) is 6.29 Å². The molecule has 0 aromatic heterocycles. The van der Waals surface area contributed by atoms with Gasteiger partial charge in [0.15, 0.2) is 6.29 Å². The largest absolute Gasteiger partial charge is 0.298 e. The van der Waals surface area contributed by atoms with Gasteiger partial charge in [0, 0.05) is 5.56 Å². The smallest absolute Gasteiger partial charge is 0.150 e. The van der Waals surface area contributed by atoms with Gasteiger partial charge in [0.05, 0.1) is 0 Å². The van der Waals surface area contributed by atoms with E-state index in [1.54, 1.807) is 0 Å². The van der Waals surface area contributed by atoms with Crippen molar-refractivity contribution in [1.29, 1.82) is 0 Å². The second-order valence-corrected chi connectivity index (χ2v) is 4.02. The first-order chi connectivity index (χ1) is 7.72. The van der Waals surface area contributed by atoms with Gasteiger partial charge in [-0.2, -0.15) is 0 Å². The van der Waals surface area contributed by atoms with E-state index in [4.69, 9.17) is 0 Å². The van der Waals surface area contributed by atoms with Crippen LogP contribution in [0.4, 0.5) is 0 Å². The standard InChI is InChI=1S/C15H14O/c1-11-7-8-12(2)15(9-11)14-6-4-3-5-13(14)10-16/h3-10H,1-2H3. The van der Waals surface area contributed by atoms with E-state index in [9.17, 15) is 4.79 Å². The highest BCUT2D eigenvalue weighted by atomic mass is 16.1. The number of aldehydes is 1. The average Bonchev–Trinajstić information content (AvgIpc) is 2.32. The van der Waals surface area contributed by atoms with Crippen LogP contribution < -0.4 is 0 Å². The Morgan fingerprint density at radius 1 is 0.938 bits per heavy atom. The van der Waals surface area contributed by atoms with Gasteiger partial charge in [0.2, 0.25) is 0 Å². The Morgan fingerprint density at radius 3 is 2.44 bits per heavy atom. The molecule has 0 bridgehead atoms. The van der Waals surface area contributed by atoms with Crippen molar-refractivity contribution in [3.63, 3.8) is 0 Å². The van der Waals surface area contributed by atoms with E-state index in [-0.39, 0.29) is 0 Å². The van der Waals surface area contributed by atoms with Gasteiger partial charge in [-0.15, -0.1) is 0 Å². The molecule has 0 aliphatic heterocycles. The van der Waals surface area contributed by atoms with Crippen molar-refractivity contribution >= 4 is 6.29 Å². The minimum absolute atomic E-state index is 0.746. The van der Waals surface area contributed by atoms with Crippen LogP contribution in [0.3, 0.4) is 0 Å². The van der Waals surface area contributed by atoms with Gasteiger partial charge in [0.25, 0.3) is 0 Å². The Morgan fingerprint density at radius 2 is 1.69 bits per heavy atom. The zero-order valence-electron chi connectivity index (χ0n) is 9.53. The predicted molar refractivity (Wildman–Crippen MR) is 66.7 cm³/mol. The number of carbonyl (C=O) groups is 1. The summed E-state index contributed by atoms with van der Waals surface area (Å²) in [6.45, 7) is 4.13. The fraction of sp³-hybridized carbons (Fsp3) is 0.133. The third-order valence-electron chi connectivity index (χ3n) is 2.77.